The maximum Gasteiger partial charge on any atom is 0.310 e. The second kappa shape index (κ2) is 5.78. The first kappa shape index (κ1) is 15.7. The summed E-state index contributed by atoms with van der Waals surface area (Å²) in [6.07, 6.45) is 0. The molecule has 1 atom stereocenters. The van der Waals surface area contributed by atoms with Crippen LogP contribution in [0, 0.1) is 23.0 Å². The van der Waals surface area contributed by atoms with Crippen LogP contribution in [0.3, 0.4) is 0 Å². The van der Waals surface area contributed by atoms with Crippen molar-refractivity contribution in [2.75, 3.05) is 0 Å². The van der Waals surface area contributed by atoms with E-state index in [2.05, 4.69) is 4.98 Å². The number of benzene rings is 2. The monoisotopic (exact) mass is 326 g/mol. The minimum Gasteiger partial charge on any atom is -0.481 e. The topological polar surface area (TPSA) is 76.9 Å². The van der Waals surface area contributed by atoms with Crippen LogP contribution in [-0.4, -0.2) is 16.1 Å². The lowest BCUT2D eigenvalue weighted by Gasteiger charge is -2.09. The SMILES string of the molecule is CC(C(=O)O)c1c(-c2ccc(C#N)cc2)[nH]c2c(F)cc(F)cc12. The molecule has 2 aromatic carbocycles. The van der Waals surface area contributed by atoms with Gasteiger partial charge in [-0.15, -0.1) is 0 Å². The molecule has 0 radical (unpaired) electrons. The van der Waals surface area contributed by atoms with Crippen molar-refractivity contribution in [3.63, 3.8) is 0 Å². The number of H-pyrrole nitrogens is 1. The van der Waals surface area contributed by atoms with Gasteiger partial charge < -0.3 is 10.1 Å². The normalized spacial score (nSPS) is 12.1. The molecule has 0 fully saturated rings. The molecule has 2 N–H and O–H groups in total. The van der Waals surface area contributed by atoms with Crippen molar-refractivity contribution in [3.8, 4) is 17.3 Å². The van der Waals surface area contributed by atoms with Crippen LogP contribution in [0.4, 0.5) is 8.78 Å². The molecule has 0 saturated heterocycles. The average Bonchev–Trinajstić information content (AvgIpc) is 2.93. The van der Waals surface area contributed by atoms with Gasteiger partial charge in [-0.3, -0.25) is 4.79 Å². The minimum absolute atomic E-state index is 0.0545. The molecule has 3 rings (SSSR count). The highest BCUT2D eigenvalue weighted by molar-refractivity contribution is 5.96. The Bertz CT molecular complexity index is 985. The molecule has 0 aliphatic heterocycles. The molecule has 0 spiro atoms. The maximum absolute atomic E-state index is 14.1. The number of rotatable bonds is 3. The predicted molar refractivity (Wildman–Crippen MR) is 84.4 cm³/mol. The van der Waals surface area contributed by atoms with Crippen LogP contribution in [-0.2, 0) is 4.79 Å². The molecule has 0 amide bonds. The van der Waals surface area contributed by atoms with Gasteiger partial charge in [-0.2, -0.15) is 5.26 Å². The van der Waals surface area contributed by atoms with E-state index >= 15 is 0 Å². The molecule has 4 nitrogen and oxygen atoms in total. The quantitative estimate of drug-likeness (QED) is 0.758. The van der Waals surface area contributed by atoms with Gasteiger partial charge in [0.15, 0.2) is 0 Å². The largest absolute Gasteiger partial charge is 0.481 e. The van der Waals surface area contributed by atoms with Crippen LogP contribution in [0.15, 0.2) is 36.4 Å². The summed E-state index contributed by atoms with van der Waals surface area (Å²) in [4.78, 5) is 14.3. The molecule has 1 unspecified atom stereocenters. The number of aliphatic carboxylic acids is 1. The number of nitrogens with zero attached hydrogens (tertiary/aromatic N) is 1. The third kappa shape index (κ3) is 2.50. The van der Waals surface area contributed by atoms with Crippen LogP contribution in [0.1, 0.15) is 24.0 Å². The van der Waals surface area contributed by atoms with Gasteiger partial charge in [-0.1, -0.05) is 12.1 Å². The molecule has 1 aromatic heterocycles. The van der Waals surface area contributed by atoms with Crippen molar-refractivity contribution < 1.29 is 18.7 Å². The first-order valence-corrected chi connectivity index (χ1v) is 7.16. The molecule has 3 aromatic rings. The number of carboxylic acid groups (broad SMARTS) is 1. The van der Waals surface area contributed by atoms with E-state index in [1.807, 2.05) is 6.07 Å². The smallest absolute Gasteiger partial charge is 0.310 e. The van der Waals surface area contributed by atoms with Crippen molar-refractivity contribution >= 4 is 16.9 Å². The molecule has 0 aliphatic carbocycles. The summed E-state index contributed by atoms with van der Waals surface area (Å²) in [5.41, 5.74) is 1.79. The fourth-order valence-electron chi connectivity index (χ4n) is 2.75. The van der Waals surface area contributed by atoms with Crippen molar-refractivity contribution in [2.45, 2.75) is 12.8 Å². The third-order valence-corrected chi connectivity index (χ3v) is 3.97. The fourth-order valence-corrected chi connectivity index (χ4v) is 2.75. The Labute approximate surface area is 136 Å². The first-order chi connectivity index (χ1) is 11.4. The zero-order valence-electron chi connectivity index (χ0n) is 12.6. The van der Waals surface area contributed by atoms with E-state index < -0.39 is 23.5 Å². The number of fused-ring (bicyclic) bond motifs is 1. The summed E-state index contributed by atoms with van der Waals surface area (Å²) in [7, 11) is 0. The highest BCUT2D eigenvalue weighted by atomic mass is 19.1. The van der Waals surface area contributed by atoms with E-state index in [1.165, 1.54) is 6.92 Å². The number of hydrogen-bond acceptors (Lipinski definition) is 2. The standard InChI is InChI=1S/C18H12F2N2O2/c1-9(18(23)24)15-13-6-12(19)7-14(20)17(13)22-16(15)11-4-2-10(8-21)3-5-11/h2-7,9,22H,1H3,(H,23,24). The number of carboxylic acids is 1. The average molecular weight is 326 g/mol. The number of hydrogen-bond donors (Lipinski definition) is 2. The number of aromatic amines is 1. The van der Waals surface area contributed by atoms with Crippen LogP contribution in [0.2, 0.25) is 0 Å². The lowest BCUT2D eigenvalue weighted by atomic mass is 9.94. The van der Waals surface area contributed by atoms with E-state index in [-0.39, 0.29) is 10.9 Å². The number of nitrogens with one attached hydrogen (secondary N) is 1. The van der Waals surface area contributed by atoms with Gasteiger partial charge >= 0.3 is 5.97 Å². The first-order valence-electron chi connectivity index (χ1n) is 7.16. The second-order valence-corrected chi connectivity index (χ2v) is 5.47. The van der Waals surface area contributed by atoms with E-state index in [0.717, 1.165) is 12.1 Å². The van der Waals surface area contributed by atoms with Gasteiger partial charge in [0.25, 0.3) is 0 Å². The lowest BCUT2D eigenvalue weighted by molar-refractivity contribution is -0.138. The van der Waals surface area contributed by atoms with E-state index in [4.69, 9.17) is 5.26 Å². The summed E-state index contributed by atoms with van der Waals surface area (Å²) in [5.74, 6) is -3.63. The summed E-state index contributed by atoms with van der Waals surface area (Å²) in [5, 5.41) is 18.4. The number of halogens is 2. The van der Waals surface area contributed by atoms with Gasteiger partial charge in [0.1, 0.15) is 11.6 Å². The van der Waals surface area contributed by atoms with Gasteiger partial charge in [0, 0.05) is 11.5 Å². The van der Waals surface area contributed by atoms with Gasteiger partial charge in [-0.25, -0.2) is 8.78 Å². The van der Waals surface area contributed by atoms with Crippen molar-refractivity contribution in [2.24, 2.45) is 0 Å². The molecule has 0 aliphatic rings. The Kier molecular flexibility index (Phi) is 3.78. The molecule has 6 heteroatoms. The second-order valence-electron chi connectivity index (χ2n) is 5.47. The zero-order valence-corrected chi connectivity index (χ0v) is 12.6. The molecule has 24 heavy (non-hydrogen) atoms. The molecular weight excluding hydrogens is 314 g/mol. The van der Waals surface area contributed by atoms with Gasteiger partial charge in [0.05, 0.1) is 28.8 Å². The Hall–Kier alpha value is -3.20. The van der Waals surface area contributed by atoms with Crippen molar-refractivity contribution in [1.29, 1.82) is 5.26 Å². The molecular formula is C18H12F2N2O2. The molecule has 1 heterocycles. The van der Waals surface area contributed by atoms with Crippen molar-refractivity contribution in [1.82, 2.24) is 4.98 Å². The number of aromatic nitrogens is 1. The number of carbonyl (C=O) groups is 1. The number of nitriles is 1. The van der Waals surface area contributed by atoms with E-state index in [9.17, 15) is 18.7 Å². The summed E-state index contributed by atoms with van der Waals surface area (Å²) < 4.78 is 27.7. The lowest BCUT2D eigenvalue weighted by Crippen LogP contribution is -2.08. The highest BCUT2D eigenvalue weighted by Crippen LogP contribution is 2.37. The summed E-state index contributed by atoms with van der Waals surface area (Å²) in [6.45, 7) is 1.46. The van der Waals surface area contributed by atoms with E-state index in [0.29, 0.717) is 22.4 Å². The summed E-state index contributed by atoms with van der Waals surface area (Å²) in [6, 6.07) is 10.3. The Balaban J connectivity index is 2.33. The van der Waals surface area contributed by atoms with Crippen LogP contribution >= 0.6 is 0 Å². The Morgan fingerprint density at radius 2 is 1.92 bits per heavy atom. The zero-order chi connectivity index (χ0) is 17.4. The highest BCUT2D eigenvalue weighted by Gasteiger charge is 2.25. The van der Waals surface area contributed by atoms with Crippen LogP contribution in [0.5, 0.6) is 0 Å². The predicted octanol–water partition coefficient (Wildman–Crippen LogP) is 4.17. The van der Waals surface area contributed by atoms with Crippen molar-refractivity contribution in [3.05, 3.63) is 59.2 Å². The van der Waals surface area contributed by atoms with Gasteiger partial charge in [0.2, 0.25) is 0 Å². The van der Waals surface area contributed by atoms with Crippen LogP contribution < -0.4 is 0 Å². The van der Waals surface area contributed by atoms with E-state index in [1.54, 1.807) is 24.3 Å². The maximum atomic E-state index is 14.1. The molecule has 0 bridgehead atoms. The molecule has 0 saturated carbocycles. The summed E-state index contributed by atoms with van der Waals surface area (Å²) >= 11 is 0. The third-order valence-electron chi connectivity index (χ3n) is 3.97. The Morgan fingerprint density at radius 3 is 2.50 bits per heavy atom. The Morgan fingerprint density at radius 1 is 1.25 bits per heavy atom. The fraction of sp³-hybridized carbons (Fsp3) is 0.111. The minimum atomic E-state index is -1.10. The van der Waals surface area contributed by atoms with Gasteiger partial charge in [-0.05, 0) is 36.2 Å². The molecule has 120 valence electrons. The van der Waals surface area contributed by atoms with Crippen LogP contribution in [0.25, 0.3) is 22.2 Å².